The molecule has 29 heavy (non-hydrogen) atoms. The topological polar surface area (TPSA) is 66.8 Å². The lowest BCUT2D eigenvalue weighted by atomic mass is 10.1. The number of carbonyl (C=O) groups is 2. The molecule has 5 nitrogen and oxygen atoms in total. The van der Waals surface area contributed by atoms with Gasteiger partial charge in [-0.2, -0.15) is 0 Å². The van der Waals surface area contributed by atoms with Crippen molar-refractivity contribution in [1.29, 1.82) is 0 Å². The molecule has 0 atom stereocenters. The zero-order valence-corrected chi connectivity index (χ0v) is 17.8. The maximum Gasteiger partial charge on any atom is 0.272 e. The minimum Gasteiger partial charge on any atom is -0.493 e. The van der Waals surface area contributed by atoms with Crippen LogP contribution in [0, 0.1) is 5.92 Å². The molecule has 0 bridgehead atoms. The van der Waals surface area contributed by atoms with E-state index < -0.39 is 11.8 Å². The molecule has 7 heteroatoms. The predicted octanol–water partition coefficient (Wildman–Crippen LogP) is 4.38. The number of benzene rings is 2. The standard InChI is InChI=1S/C22H22ClNO4S/c1-14(2)13-28-18-8-6-15(7-9-18)19-20(29-11-10-25)22(27)24(21(19)26)17-5-3-4-16(23)12-17/h3-9,12,14,25H,10-11,13H2,1-2H3. The third-order valence-corrected chi connectivity index (χ3v) is 5.46. The summed E-state index contributed by atoms with van der Waals surface area (Å²) in [5, 5.41) is 9.65. The highest BCUT2D eigenvalue weighted by molar-refractivity contribution is 8.04. The molecule has 0 saturated carbocycles. The van der Waals surface area contributed by atoms with Gasteiger partial charge < -0.3 is 9.84 Å². The Bertz CT molecular complexity index is 940. The van der Waals surface area contributed by atoms with E-state index in [0.717, 1.165) is 4.90 Å². The molecule has 1 aliphatic heterocycles. The number of aliphatic hydroxyl groups is 1. The Kier molecular flexibility index (Phi) is 7.00. The fourth-order valence-corrected chi connectivity index (χ4v) is 3.92. The second-order valence-corrected chi connectivity index (χ2v) is 8.47. The van der Waals surface area contributed by atoms with E-state index in [-0.39, 0.29) is 6.61 Å². The van der Waals surface area contributed by atoms with E-state index in [0.29, 0.717) is 50.8 Å². The molecule has 3 rings (SSSR count). The van der Waals surface area contributed by atoms with Crippen molar-refractivity contribution < 1.29 is 19.4 Å². The number of nitrogens with zero attached hydrogens (tertiary/aromatic N) is 1. The van der Waals surface area contributed by atoms with E-state index >= 15 is 0 Å². The lowest BCUT2D eigenvalue weighted by Crippen LogP contribution is -2.31. The highest BCUT2D eigenvalue weighted by Crippen LogP contribution is 2.39. The van der Waals surface area contributed by atoms with Crippen molar-refractivity contribution in [1.82, 2.24) is 0 Å². The van der Waals surface area contributed by atoms with Crippen LogP contribution in [-0.4, -0.2) is 35.9 Å². The molecule has 0 fully saturated rings. The lowest BCUT2D eigenvalue weighted by Gasteiger charge is -2.15. The van der Waals surface area contributed by atoms with Gasteiger partial charge >= 0.3 is 0 Å². The Morgan fingerprint density at radius 2 is 1.83 bits per heavy atom. The average molecular weight is 432 g/mol. The van der Waals surface area contributed by atoms with E-state index in [1.165, 1.54) is 11.8 Å². The molecular formula is C22H22ClNO4S. The number of anilines is 1. The van der Waals surface area contributed by atoms with E-state index in [1.807, 2.05) is 0 Å². The SMILES string of the molecule is CC(C)COc1ccc(C2=C(SCCO)C(=O)N(c3cccc(Cl)c3)C2=O)cc1. The molecule has 1 heterocycles. The Balaban J connectivity index is 1.95. The third kappa shape index (κ3) is 4.83. The van der Waals surface area contributed by atoms with Gasteiger partial charge in [-0.15, -0.1) is 11.8 Å². The summed E-state index contributed by atoms with van der Waals surface area (Å²) in [5.41, 5.74) is 1.37. The van der Waals surface area contributed by atoms with Gasteiger partial charge in [0.15, 0.2) is 0 Å². The molecule has 2 aromatic carbocycles. The summed E-state index contributed by atoms with van der Waals surface area (Å²) in [5.74, 6) is 0.603. The second kappa shape index (κ2) is 9.48. The molecule has 0 aromatic heterocycles. The number of hydrogen-bond acceptors (Lipinski definition) is 5. The van der Waals surface area contributed by atoms with Gasteiger partial charge in [0.25, 0.3) is 11.8 Å². The van der Waals surface area contributed by atoms with Crippen LogP contribution in [0.15, 0.2) is 53.4 Å². The largest absolute Gasteiger partial charge is 0.493 e. The van der Waals surface area contributed by atoms with Gasteiger partial charge in [0.2, 0.25) is 0 Å². The van der Waals surface area contributed by atoms with Crippen LogP contribution in [0.4, 0.5) is 5.69 Å². The van der Waals surface area contributed by atoms with Crippen LogP contribution in [0.25, 0.3) is 5.57 Å². The Hall–Kier alpha value is -2.28. The summed E-state index contributed by atoms with van der Waals surface area (Å²) in [6.07, 6.45) is 0. The quantitative estimate of drug-likeness (QED) is 0.628. The zero-order valence-electron chi connectivity index (χ0n) is 16.2. The molecule has 0 aliphatic carbocycles. The number of ether oxygens (including phenoxy) is 1. The minimum atomic E-state index is -0.411. The molecule has 2 aromatic rings. The molecule has 0 unspecified atom stereocenters. The first kappa shape index (κ1) is 21.4. The number of rotatable bonds is 8. The zero-order chi connectivity index (χ0) is 21.0. The second-order valence-electron chi connectivity index (χ2n) is 6.93. The Labute approximate surface area is 179 Å². The summed E-state index contributed by atoms with van der Waals surface area (Å²) in [4.78, 5) is 27.7. The fourth-order valence-electron chi connectivity index (χ4n) is 2.88. The van der Waals surface area contributed by atoms with Crippen LogP contribution in [0.5, 0.6) is 5.75 Å². The van der Waals surface area contributed by atoms with Gasteiger partial charge in [-0.3, -0.25) is 9.59 Å². The van der Waals surface area contributed by atoms with Crippen molar-refractivity contribution in [3.05, 3.63) is 64.0 Å². The average Bonchev–Trinajstić information content (AvgIpc) is 2.94. The van der Waals surface area contributed by atoms with Crippen molar-refractivity contribution >= 4 is 46.4 Å². The van der Waals surface area contributed by atoms with Crippen LogP contribution in [-0.2, 0) is 9.59 Å². The normalized spacial score (nSPS) is 14.3. The first-order chi connectivity index (χ1) is 13.9. The summed E-state index contributed by atoms with van der Waals surface area (Å²) < 4.78 is 5.70. The fraction of sp³-hybridized carbons (Fsp3) is 0.273. The number of thioether (sulfide) groups is 1. The van der Waals surface area contributed by atoms with Crippen LogP contribution in [0.2, 0.25) is 5.02 Å². The maximum absolute atomic E-state index is 13.2. The van der Waals surface area contributed by atoms with E-state index in [1.54, 1.807) is 48.5 Å². The molecule has 0 saturated heterocycles. The van der Waals surface area contributed by atoms with Crippen molar-refractivity contribution in [3.63, 3.8) is 0 Å². The number of hydrogen-bond donors (Lipinski definition) is 1. The molecule has 2 amide bonds. The monoisotopic (exact) mass is 431 g/mol. The molecule has 0 radical (unpaired) electrons. The summed E-state index contributed by atoms with van der Waals surface area (Å²) >= 11 is 7.22. The van der Waals surface area contributed by atoms with Crippen molar-refractivity contribution in [2.75, 3.05) is 23.9 Å². The summed E-state index contributed by atoms with van der Waals surface area (Å²) in [7, 11) is 0. The van der Waals surface area contributed by atoms with Gasteiger partial charge in [-0.25, -0.2) is 4.90 Å². The minimum absolute atomic E-state index is 0.0952. The predicted molar refractivity (Wildman–Crippen MR) is 117 cm³/mol. The molecular weight excluding hydrogens is 410 g/mol. The molecule has 1 aliphatic rings. The van der Waals surface area contributed by atoms with E-state index in [2.05, 4.69) is 13.8 Å². The van der Waals surface area contributed by atoms with Crippen molar-refractivity contribution in [2.45, 2.75) is 13.8 Å². The van der Waals surface area contributed by atoms with Crippen molar-refractivity contribution in [3.8, 4) is 5.75 Å². The van der Waals surface area contributed by atoms with Crippen LogP contribution < -0.4 is 9.64 Å². The van der Waals surface area contributed by atoms with Gasteiger partial charge in [0.05, 0.1) is 29.4 Å². The number of halogens is 1. The highest BCUT2D eigenvalue weighted by atomic mass is 35.5. The first-order valence-corrected chi connectivity index (χ1v) is 10.6. The molecule has 152 valence electrons. The Morgan fingerprint density at radius 1 is 1.10 bits per heavy atom. The molecule has 1 N–H and O–H groups in total. The summed E-state index contributed by atoms with van der Waals surface area (Å²) in [6.45, 7) is 4.63. The number of imide groups is 1. The van der Waals surface area contributed by atoms with E-state index in [4.69, 9.17) is 16.3 Å². The van der Waals surface area contributed by atoms with Gasteiger partial charge in [0, 0.05) is 10.8 Å². The Morgan fingerprint density at radius 3 is 2.45 bits per heavy atom. The van der Waals surface area contributed by atoms with Crippen LogP contribution in [0.1, 0.15) is 19.4 Å². The lowest BCUT2D eigenvalue weighted by molar-refractivity contribution is -0.119. The van der Waals surface area contributed by atoms with Gasteiger partial charge in [-0.1, -0.05) is 43.6 Å². The smallest absolute Gasteiger partial charge is 0.272 e. The van der Waals surface area contributed by atoms with Crippen LogP contribution in [0.3, 0.4) is 0 Å². The number of carbonyl (C=O) groups excluding carboxylic acids is 2. The van der Waals surface area contributed by atoms with Gasteiger partial charge in [0.1, 0.15) is 5.75 Å². The maximum atomic E-state index is 13.2. The van der Waals surface area contributed by atoms with Crippen LogP contribution >= 0.6 is 23.4 Å². The van der Waals surface area contributed by atoms with Crippen molar-refractivity contribution in [2.24, 2.45) is 5.92 Å². The number of aliphatic hydroxyl groups excluding tert-OH is 1. The summed E-state index contributed by atoms with van der Waals surface area (Å²) in [6, 6.07) is 13.8. The van der Waals surface area contributed by atoms with Gasteiger partial charge in [-0.05, 0) is 41.8 Å². The molecule has 0 spiro atoms. The third-order valence-electron chi connectivity index (χ3n) is 4.17. The highest BCUT2D eigenvalue weighted by Gasteiger charge is 2.40. The van der Waals surface area contributed by atoms with E-state index in [9.17, 15) is 14.7 Å². The first-order valence-electron chi connectivity index (χ1n) is 9.28. The number of amides is 2.